The lowest BCUT2D eigenvalue weighted by molar-refractivity contribution is 0.103. The van der Waals surface area contributed by atoms with Crippen molar-refractivity contribution in [3.8, 4) is 0 Å². The first-order valence-corrected chi connectivity index (χ1v) is 6.36. The van der Waals surface area contributed by atoms with Crippen molar-refractivity contribution < 1.29 is 9.18 Å². The first-order valence-electron chi connectivity index (χ1n) is 4.62. The van der Waals surface area contributed by atoms with E-state index in [0.717, 1.165) is 0 Å². The predicted octanol–water partition coefficient (Wildman–Crippen LogP) is 4.19. The zero-order chi connectivity index (χ0) is 11.7. The Morgan fingerprint density at radius 2 is 2.06 bits per heavy atom. The van der Waals surface area contributed by atoms with Crippen LogP contribution in [0.3, 0.4) is 0 Å². The zero-order valence-corrected chi connectivity index (χ0v) is 10.9. The highest BCUT2D eigenvalue weighted by atomic mass is 79.9. The standard InChI is InChI=1S/C12H8BrFOS/c1-7-3-2-4-8(11(7)14)12(15)9-5-16-6-10(9)13/h2-6H,1H3. The van der Waals surface area contributed by atoms with Gasteiger partial charge in [-0.25, -0.2) is 4.39 Å². The summed E-state index contributed by atoms with van der Waals surface area (Å²) in [5.74, 6) is -0.722. The van der Waals surface area contributed by atoms with Crippen molar-refractivity contribution in [1.29, 1.82) is 0 Å². The highest BCUT2D eigenvalue weighted by molar-refractivity contribution is 9.10. The number of carbonyl (C=O) groups is 1. The summed E-state index contributed by atoms with van der Waals surface area (Å²) < 4.78 is 14.5. The van der Waals surface area contributed by atoms with E-state index in [1.807, 2.05) is 0 Å². The number of thiophene rings is 1. The van der Waals surface area contributed by atoms with Crippen molar-refractivity contribution in [1.82, 2.24) is 0 Å². The molecule has 1 nitrogen and oxygen atoms in total. The van der Waals surface area contributed by atoms with Gasteiger partial charge in [-0.15, -0.1) is 0 Å². The molecule has 0 aliphatic carbocycles. The van der Waals surface area contributed by atoms with E-state index in [9.17, 15) is 9.18 Å². The fourth-order valence-electron chi connectivity index (χ4n) is 1.41. The van der Waals surface area contributed by atoms with E-state index in [0.29, 0.717) is 15.6 Å². The van der Waals surface area contributed by atoms with Crippen molar-refractivity contribution >= 4 is 33.0 Å². The highest BCUT2D eigenvalue weighted by Gasteiger charge is 2.17. The molecule has 1 heterocycles. The van der Waals surface area contributed by atoms with E-state index in [4.69, 9.17) is 0 Å². The zero-order valence-electron chi connectivity index (χ0n) is 8.46. The molecule has 0 atom stereocenters. The number of hydrogen-bond acceptors (Lipinski definition) is 2. The van der Waals surface area contributed by atoms with Gasteiger partial charge in [-0.2, -0.15) is 11.3 Å². The average Bonchev–Trinajstić information content (AvgIpc) is 2.68. The van der Waals surface area contributed by atoms with Crippen LogP contribution in [-0.2, 0) is 0 Å². The third-order valence-electron chi connectivity index (χ3n) is 2.30. The lowest BCUT2D eigenvalue weighted by atomic mass is 10.0. The molecular weight excluding hydrogens is 291 g/mol. The Kier molecular flexibility index (Phi) is 3.21. The van der Waals surface area contributed by atoms with Gasteiger partial charge in [0.25, 0.3) is 0 Å². The van der Waals surface area contributed by atoms with Crippen LogP contribution in [0.15, 0.2) is 33.4 Å². The Labute approximate surface area is 105 Å². The topological polar surface area (TPSA) is 17.1 Å². The summed E-state index contributed by atoms with van der Waals surface area (Å²) in [6, 6.07) is 4.84. The minimum Gasteiger partial charge on any atom is -0.288 e. The second kappa shape index (κ2) is 4.47. The number of aryl methyl sites for hydroxylation is 1. The molecule has 1 aromatic heterocycles. The van der Waals surface area contributed by atoms with Crippen molar-refractivity contribution in [3.05, 3.63) is 55.9 Å². The molecule has 4 heteroatoms. The Morgan fingerprint density at radius 3 is 2.69 bits per heavy atom. The van der Waals surface area contributed by atoms with Gasteiger partial charge in [-0.3, -0.25) is 4.79 Å². The smallest absolute Gasteiger partial charge is 0.197 e. The summed E-state index contributed by atoms with van der Waals surface area (Å²) in [5, 5.41) is 3.52. The van der Waals surface area contributed by atoms with Crippen LogP contribution in [0.2, 0.25) is 0 Å². The van der Waals surface area contributed by atoms with Gasteiger partial charge in [0.2, 0.25) is 0 Å². The lowest BCUT2D eigenvalue weighted by Gasteiger charge is -2.03. The van der Waals surface area contributed by atoms with Gasteiger partial charge in [0.1, 0.15) is 5.82 Å². The Bertz CT molecular complexity index is 548. The summed E-state index contributed by atoms with van der Waals surface area (Å²) in [7, 11) is 0. The molecule has 0 saturated carbocycles. The quantitative estimate of drug-likeness (QED) is 0.760. The van der Waals surface area contributed by atoms with E-state index in [1.54, 1.807) is 29.8 Å². The summed E-state index contributed by atoms with van der Waals surface area (Å²) >= 11 is 4.68. The first-order chi connectivity index (χ1) is 7.61. The van der Waals surface area contributed by atoms with Crippen molar-refractivity contribution in [2.24, 2.45) is 0 Å². The van der Waals surface area contributed by atoms with Crippen LogP contribution in [0, 0.1) is 12.7 Å². The molecule has 0 aliphatic rings. The van der Waals surface area contributed by atoms with Crippen molar-refractivity contribution in [2.75, 3.05) is 0 Å². The molecule has 0 fully saturated rings. The van der Waals surface area contributed by atoms with Gasteiger partial charge in [0.05, 0.1) is 5.56 Å². The Hall–Kier alpha value is -1.000. The third kappa shape index (κ3) is 1.95. The molecule has 2 rings (SSSR count). The molecule has 2 aromatic rings. The lowest BCUT2D eigenvalue weighted by Crippen LogP contribution is -2.04. The molecule has 0 spiro atoms. The molecule has 0 aliphatic heterocycles. The monoisotopic (exact) mass is 298 g/mol. The van der Waals surface area contributed by atoms with Crippen LogP contribution in [0.4, 0.5) is 4.39 Å². The summed E-state index contributed by atoms with van der Waals surface area (Å²) in [6.45, 7) is 1.65. The molecule has 1 aromatic carbocycles. The fraction of sp³-hybridized carbons (Fsp3) is 0.0833. The molecule has 0 amide bonds. The van der Waals surface area contributed by atoms with E-state index < -0.39 is 5.82 Å². The van der Waals surface area contributed by atoms with E-state index in [2.05, 4.69) is 15.9 Å². The number of halogens is 2. The summed E-state index contributed by atoms with van der Waals surface area (Å²) in [4.78, 5) is 12.0. The molecule has 16 heavy (non-hydrogen) atoms. The van der Waals surface area contributed by atoms with Crippen molar-refractivity contribution in [3.63, 3.8) is 0 Å². The van der Waals surface area contributed by atoms with Crippen LogP contribution in [0.1, 0.15) is 21.5 Å². The molecule has 0 radical (unpaired) electrons. The number of carbonyl (C=O) groups excluding carboxylic acids is 1. The molecule has 82 valence electrons. The van der Waals surface area contributed by atoms with Crippen LogP contribution < -0.4 is 0 Å². The number of benzene rings is 1. The second-order valence-electron chi connectivity index (χ2n) is 3.40. The average molecular weight is 299 g/mol. The third-order valence-corrected chi connectivity index (χ3v) is 4.00. The molecule has 0 N–H and O–H groups in total. The van der Waals surface area contributed by atoms with Gasteiger partial charge in [0.15, 0.2) is 5.78 Å². The largest absolute Gasteiger partial charge is 0.288 e. The van der Waals surface area contributed by atoms with E-state index in [1.165, 1.54) is 17.4 Å². The number of ketones is 1. The van der Waals surface area contributed by atoms with Crippen molar-refractivity contribution in [2.45, 2.75) is 6.92 Å². The number of hydrogen-bond donors (Lipinski definition) is 0. The van der Waals surface area contributed by atoms with Crippen LogP contribution in [-0.4, -0.2) is 5.78 Å². The van der Waals surface area contributed by atoms with E-state index >= 15 is 0 Å². The molecular formula is C12H8BrFOS. The normalized spacial score (nSPS) is 10.4. The van der Waals surface area contributed by atoms with E-state index in [-0.39, 0.29) is 11.3 Å². The second-order valence-corrected chi connectivity index (χ2v) is 5.00. The summed E-state index contributed by atoms with van der Waals surface area (Å²) in [5.41, 5.74) is 1.12. The molecule has 0 saturated heterocycles. The SMILES string of the molecule is Cc1cccc(C(=O)c2cscc2Br)c1F. The van der Waals surface area contributed by atoms with Gasteiger partial charge < -0.3 is 0 Å². The van der Waals surface area contributed by atoms with Crippen LogP contribution in [0.25, 0.3) is 0 Å². The Morgan fingerprint density at radius 1 is 1.31 bits per heavy atom. The van der Waals surface area contributed by atoms with Crippen LogP contribution >= 0.6 is 27.3 Å². The van der Waals surface area contributed by atoms with Gasteiger partial charge in [0, 0.05) is 20.8 Å². The van der Waals surface area contributed by atoms with Gasteiger partial charge in [-0.1, -0.05) is 12.1 Å². The Balaban J connectivity index is 2.50. The van der Waals surface area contributed by atoms with Gasteiger partial charge in [-0.05, 0) is 34.5 Å². The van der Waals surface area contributed by atoms with Gasteiger partial charge >= 0.3 is 0 Å². The van der Waals surface area contributed by atoms with Crippen LogP contribution in [0.5, 0.6) is 0 Å². The fourth-order valence-corrected chi connectivity index (χ4v) is 2.87. The predicted molar refractivity (Wildman–Crippen MR) is 66.6 cm³/mol. The highest BCUT2D eigenvalue weighted by Crippen LogP contribution is 2.25. The molecule has 0 unspecified atom stereocenters. The minimum absolute atomic E-state index is 0.124. The minimum atomic E-state index is -0.439. The first kappa shape index (κ1) is 11.5. The number of rotatable bonds is 2. The maximum atomic E-state index is 13.7. The maximum absolute atomic E-state index is 13.7. The summed E-state index contributed by atoms with van der Waals surface area (Å²) in [6.07, 6.45) is 0. The maximum Gasteiger partial charge on any atom is 0.197 e. The molecule has 0 bridgehead atoms.